The van der Waals surface area contributed by atoms with Crippen LogP contribution in [0, 0.1) is 5.92 Å². The summed E-state index contributed by atoms with van der Waals surface area (Å²) in [7, 11) is 1.84. The maximum absolute atomic E-state index is 12.4. The Morgan fingerprint density at radius 1 is 1.42 bits per heavy atom. The minimum absolute atomic E-state index is 0.0394. The number of hydrogen-bond donors (Lipinski definition) is 2. The van der Waals surface area contributed by atoms with Crippen LogP contribution in [0.4, 0.5) is 5.69 Å². The van der Waals surface area contributed by atoms with Crippen LogP contribution in [-0.2, 0) is 0 Å². The van der Waals surface area contributed by atoms with Crippen molar-refractivity contribution in [2.75, 3.05) is 19.3 Å². The number of carbonyl (C=O) groups excluding carboxylic acids is 1. The van der Waals surface area contributed by atoms with Crippen LogP contribution in [0.5, 0.6) is 0 Å². The van der Waals surface area contributed by atoms with Gasteiger partial charge in [-0.25, -0.2) is 0 Å². The van der Waals surface area contributed by atoms with E-state index in [4.69, 9.17) is 5.73 Å². The van der Waals surface area contributed by atoms with Crippen molar-refractivity contribution < 1.29 is 4.79 Å². The Balaban J connectivity index is 2.23. The fourth-order valence-corrected chi connectivity index (χ4v) is 2.07. The molecule has 4 nitrogen and oxygen atoms in total. The number of anilines is 1. The Labute approximate surface area is 113 Å². The van der Waals surface area contributed by atoms with Crippen LogP contribution in [0.2, 0.25) is 0 Å². The van der Waals surface area contributed by atoms with Gasteiger partial charge in [0.25, 0.3) is 5.91 Å². The maximum Gasteiger partial charge on any atom is 0.255 e. The average molecular weight is 259 g/mol. The van der Waals surface area contributed by atoms with Crippen molar-refractivity contribution >= 4 is 22.5 Å². The van der Waals surface area contributed by atoms with Gasteiger partial charge < -0.3 is 15.6 Å². The van der Waals surface area contributed by atoms with Crippen LogP contribution < -0.4 is 5.73 Å². The highest BCUT2D eigenvalue weighted by Crippen LogP contribution is 2.22. The van der Waals surface area contributed by atoms with Gasteiger partial charge in [-0.15, -0.1) is 0 Å². The number of nitrogen functional groups attached to an aromatic ring is 1. The third-order valence-electron chi connectivity index (χ3n) is 3.32. The van der Waals surface area contributed by atoms with Gasteiger partial charge in [-0.2, -0.15) is 0 Å². The molecule has 0 aliphatic carbocycles. The van der Waals surface area contributed by atoms with E-state index in [2.05, 4.69) is 18.8 Å². The predicted molar refractivity (Wildman–Crippen MR) is 79.1 cm³/mol. The SMILES string of the molecule is CC(C)CCN(C)C(=O)c1c[nH]c2ccc(N)cc12. The van der Waals surface area contributed by atoms with Gasteiger partial charge in [-0.1, -0.05) is 13.8 Å². The van der Waals surface area contributed by atoms with E-state index in [1.54, 1.807) is 11.1 Å². The van der Waals surface area contributed by atoms with E-state index in [9.17, 15) is 4.79 Å². The summed E-state index contributed by atoms with van der Waals surface area (Å²) in [4.78, 5) is 17.3. The molecule has 0 bridgehead atoms. The monoisotopic (exact) mass is 259 g/mol. The van der Waals surface area contributed by atoms with Crippen molar-refractivity contribution in [1.29, 1.82) is 0 Å². The van der Waals surface area contributed by atoms with Gasteiger partial charge in [-0.3, -0.25) is 4.79 Å². The predicted octanol–water partition coefficient (Wildman–Crippen LogP) is 2.87. The zero-order valence-electron chi connectivity index (χ0n) is 11.7. The lowest BCUT2D eigenvalue weighted by Gasteiger charge is -2.18. The Morgan fingerprint density at radius 3 is 2.84 bits per heavy atom. The lowest BCUT2D eigenvalue weighted by molar-refractivity contribution is 0.0791. The number of carbonyl (C=O) groups is 1. The molecule has 0 spiro atoms. The van der Waals surface area contributed by atoms with E-state index >= 15 is 0 Å². The molecule has 19 heavy (non-hydrogen) atoms. The molecule has 102 valence electrons. The number of H-pyrrole nitrogens is 1. The Morgan fingerprint density at radius 2 is 2.16 bits per heavy atom. The van der Waals surface area contributed by atoms with Gasteiger partial charge in [0.1, 0.15) is 0 Å². The first-order valence-electron chi connectivity index (χ1n) is 6.61. The first-order valence-corrected chi connectivity index (χ1v) is 6.61. The van der Waals surface area contributed by atoms with Gasteiger partial charge in [0.15, 0.2) is 0 Å². The van der Waals surface area contributed by atoms with E-state index in [0.29, 0.717) is 17.2 Å². The molecule has 0 atom stereocenters. The highest BCUT2D eigenvalue weighted by Gasteiger charge is 2.16. The number of fused-ring (bicyclic) bond motifs is 1. The molecular weight excluding hydrogens is 238 g/mol. The van der Waals surface area contributed by atoms with Crippen LogP contribution in [0.1, 0.15) is 30.6 Å². The van der Waals surface area contributed by atoms with Crippen LogP contribution in [0.25, 0.3) is 10.9 Å². The number of hydrogen-bond acceptors (Lipinski definition) is 2. The molecule has 0 saturated carbocycles. The van der Waals surface area contributed by atoms with Gasteiger partial charge in [-0.05, 0) is 30.5 Å². The maximum atomic E-state index is 12.4. The molecular formula is C15H21N3O. The molecule has 0 aliphatic rings. The molecule has 1 aromatic carbocycles. The third kappa shape index (κ3) is 2.89. The smallest absolute Gasteiger partial charge is 0.255 e. The molecule has 0 aliphatic heterocycles. The quantitative estimate of drug-likeness (QED) is 0.829. The molecule has 4 heteroatoms. The molecule has 1 amide bonds. The number of benzene rings is 1. The summed E-state index contributed by atoms with van der Waals surface area (Å²) >= 11 is 0. The topological polar surface area (TPSA) is 62.1 Å². The molecule has 2 rings (SSSR count). The standard InChI is InChI=1S/C15H21N3O/c1-10(2)6-7-18(3)15(19)13-9-17-14-5-4-11(16)8-12(13)14/h4-5,8-10,17H,6-7,16H2,1-3H3. The lowest BCUT2D eigenvalue weighted by atomic mass is 10.1. The van der Waals surface area contributed by atoms with E-state index in [1.807, 2.05) is 25.2 Å². The van der Waals surface area contributed by atoms with Crippen molar-refractivity contribution in [2.45, 2.75) is 20.3 Å². The molecule has 1 heterocycles. The minimum atomic E-state index is 0.0394. The zero-order valence-corrected chi connectivity index (χ0v) is 11.7. The summed E-state index contributed by atoms with van der Waals surface area (Å²) in [5.74, 6) is 0.631. The van der Waals surface area contributed by atoms with Crippen LogP contribution in [0.3, 0.4) is 0 Å². The number of aromatic nitrogens is 1. The second kappa shape index (κ2) is 5.34. The number of nitrogens with two attached hydrogens (primary N) is 1. The summed E-state index contributed by atoms with van der Waals surface area (Å²) in [6.07, 6.45) is 2.77. The second-order valence-electron chi connectivity index (χ2n) is 5.42. The van der Waals surface area contributed by atoms with Crippen LogP contribution >= 0.6 is 0 Å². The van der Waals surface area contributed by atoms with Crippen LogP contribution in [-0.4, -0.2) is 29.4 Å². The molecule has 0 radical (unpaired) electrons. The molecule has 0 fully saturated rings. The summed E-state index contributed by atoms with van der Waals surface area (Å²) in [5.41, 5.74) is 8.09. The van der Waals surface area contributed by atoms with Crippen molar-refractivity contribution in [3.63, 3.8) is 0 Å². The average Bonchev–Trinajstić information content (AvgIpc) is 2.77. The largest absolute Gasteiger partial charge is 0.399 e. The fourth-order valence-electron chi connectivity index (χ4n) is 2.07. The molecule has 1 aromatic heterocycles. The number of rotatable bonds is 4. The van der Waals surface area contributed by atoms with E-state index in [-0.39, 0.29) is 5.91 Å². The summed E-state index contributed by atoms with van der Waals surface area (Å²) in [6, 6.07) is 5.57. The summed E-state index contributed by atoms with van der Waals surface area (Å²) < 4.78 is 0. The van der Waals surface area contributed by atoms with Crippen molar-refractivity contribution in [3.05, 3.63) is 30.0 Å². The Hall–Kier alpha value is -1.97. The molecule has 2 aromatic rings. The first kappa shape index (κ1) is 13.5. The van der Waals surface area contributed by atoms with E-state index in [0.717, 1.165) is 23.9 Å². The van der Waals surface area contributed by atoms with Gasteiger partial charge in [0, 0.05) is 36.4 Å². The fraction of sp³-hybridized carbons (Fsp3) is 0.400. The highest BCUT2D eigenvalue weighted by molar-refractivity contribution is 6.07. The first-order chi connectivity index (χ1) is 8.99. The Kier molecular flexibility index (Phi) is 3.79. The van der Waals surface area contributed by atoms with Crippen molar-refractivity contribution in [2.24, 2.45) is 5.92 Å². The third-order valence-corrected chi connectivity index (χ3v) is 3.32. The lowest BCUT2D eigenvalue weighted by Crippen LogP contribution is -2.28. The molecule has 3 N–H and O–H groups in total. The zero-order chi connectivity index (χ0) is 14.0. The molecule has 0 saturated heterocycles. The number of aromatic amines is 1. The number of amides is 1. The van der Waals surface area contributed by atoms with Gasteiger partial charge >= 0.3 is 0 Å². The summed E-state index contributed by atoms with van der Waals surface area (Å²) in [6.45, 7) is 5.08. The normalized spacial score (nSPS) is 11.2. The Bertz CT molecular complexity index is 586. The summed E-state index contributed by atoms with van der Waals surface area (Å²) in [5, 5.41) is 0.890. The van der Waals surface area contributed by atoms with Crippen molar-refractivity contribution in [3.8, 4) is 0 Å². The van der Waals surface area contributed by atoms with Gasteiger partial charge in [0.05, 0.1) is 5.56 Å². The van der Waals surface area contributed by atoms with Crippen molar-refractivity contribution in [1.82, 2.24) is 9.88 Å². The van der Waals surface area contributed by atoms with E-state index < -0.39 is 0 Å². The molecule has 0 unspecified atom stereocenters. The minimum Gasteiger partial charge on any atom is -0.399 e. The van der Waals surface area contributed by atoms with Crippen LogP contribution in [0.15, 0.2) is 24.4 Å². The highest BCUT2D eigenvalue weighted by atomic mass is 16.2. The van der Waals surface area contributed by atoms with E-state index in [1.165, 1.54) is 0 Å². The van der Waals surface area contributed by atoms with Gasteiger partial charge in [0.2, 0.25) is 0 Å². The second-order valence-corrected chi connectivity index (χ2v) is 5.42. The number of nitrogens with one attached hydrogen (secondary N) is 1. The number of nitrogens with zero attached hydrogens (tertiary/aromatic N) is 1.